The molecule has 1 aromatic rings. The molecule has 92 valence electrons. The van der Waals surface area contributed by atoms with Crippen molar-refractivity contribution >= 4 is 11.9 Å². The van der Waals surface area contributed by atoms with E-state index in [-0.39, 0.29) is 6.61 Å². The number of primary amides is 1. The van der Waals surface area contributed by atoms with E-state index in [0.29, 0.717) is 0 Å². The van der Waals surface area contributed by atoms with Gasteiger partial charge in [-0.25, -0.2) is 0 Å². The Morgan fingerprint density at radius 1 is 1.35 bits per heavy atom. The molecule has 17 heavy (non-hydrogen) atoms. The highest BCUT2D eigenvalue weighted by molar-refractivity contribution is 5.97. The lowest BCUT2D eigenvalue weighted by Gasteiger charge is -2.15. The molecule has 0 aliphatic rings. The van der Waals surface area contributed by atoms with E-state index in [1.54, 1.807) is 12.1 Å². The Kier molecular flexibility index (Phi) is 4.66. The summed E-state index contributed by atoms with van der Waals surface area (Å²) >= 11 is 0. The molecule has 0 radical (unpaired) electrons. The minimum Gasteiger partial charge on any atom is -0.460 e. The zero-order chi connectivity index (χ0) is 12.8. The molecule has 1 aromatic carbocycles. The number of esters is 1. The first-order valence-corrected chi connectivity index (χ1v) is 5.20. The van der Waals surface area contributed by atoms with Crippen molar-refractivity contribution in [1.29, 1.82) is 0 Å². The zero-order valence-electron chi connectivity index (χ0n) is 9.50. The lowest BCUT2D eigenvalue weighted by Crippen LogP contribution is -2.39. The number of hydrogen-bond donors (Lipinski definition) is 2. The maximum absolute atomic E-state index is 11.5. The first-order chi connectivity index (χ1) is 8.02. The van der Waals surface area contributed by atoms with E-state index >= 15 is 0 Å². The normalized spacial score (nSPS) is 13.8. The third kappa shape index (κ3) is 3.88. The molecule has 3 N–H and O–H groups in total. The van der Waals surface area contributed by atoms with E-state index < -0.39 is 23.9 Å². The second-order valence-electron chi connectivity index (χ2n) is 3.71. The summed E-state index contributed by atoms with van der Waals surface area (Å²) < 4.78 is 4.91. The maximum Gasteiger partial charge on any atom is 0.321 e. The standard InChI is InChI=1S/C12H15NO4/c1-8(14)10(11(13)15)12(16)17-7-9-5-3-2-4-6-9/h2-6,8,10,14H,7H2,1H3,(H2,13,15)/t8-,10+/m1/s1. The van der Waals surface area contributed by atoms with Crippen molar-refractivity contribution in [2.75, 3.05) is 0 Å². The summed E-state index contributed by atoms with van der Waals surface area (Å²) in [6.45, 7) is 1.37. The summed E-state index contributed by atoms with van der Waals surface area (Å²) in [6, 6.07) is 9.03. The molecule has 0 fully saturated rings. The van der Waals surface area contributed by atoms with Crippen LogP contribution in [0.4, 0.5) is 0 Å². The van der Waals surface area contributed by atoms with Gasteiger partial charge in [0, 0.05) is 0 Å². The van der Waals surface area contributed by atoms with Crippen LogP contribution in [0.2, 0.25) is 0 Å². The molecule has 0 saturated carbocycles. The van der Waals surface area contributed by atoms with Gasteiger partial charge >= 0.3 is 5.97 Å². The third-order valence-corrected chi connectivity index (χ3v) is 2.27. The Morgan fingerprint density at radius 3 is 2.41 bits per heavy atom. The number of hydrogen-bond acceptors (Lipinski definition) is 4. The molecule has 0 saturated heterocycles. The SMILES string of the molecule is C[C@@H](O)[C@@H](C(N)=O)C(=O)OCc1ccccc1. The van der Waals surface area contributed by atoms with E-state index in [1.165, 1.54) is 6.92 Å². The number of amides is 1. The van der Waals surface area contributed by atoms with Crippen LogP contribution < -0.4 is 5.73 Å². The van der Waals surface area contributed by atoms with Gasteiger partial charge < -0.3 is 15.6 Å². The number of nitrogens with two attached hydrogens (primary N) is 1. The van der Waals surface area contributed by atoms with Crippen LogP contribution in [-0.2, 0) is 20.9 Å². The Morgan fingerprint density at radius 2 is 1.94 bits per heavy atom. The van der Waals surface area contributed by atoms with Crippen LogP contribution in [0.5, 0.6) is 0 Å². The van der Waals surface area contributed by atoms with E-state index in [9.17, 15) is 14.7 Å². The fourth-order valence-corrected chi connectivity index (χ4v) is 1.37. The second kappa shape index (κ2) is 6.00. The Labute approximate surface area is 99.2 Å². The Balaban J connectivity index is 2.57. The highest BCUT2D eigenvalue weighted by Crippen LogP contribution is 2.08. The summed E-state index contributed by atoms with van der Waals surface area (Å²) in [5.41, 5.74) is 5.81. The minimum absolute atomic E-state index is 0.0518. The van der Waals surface area contributed by atoms with Gasteiger partial charge in [-0.2, -0.15) is 0 Å². The number of benzene rings is 1. The number of carbonyl (C=O) groups is 2. The van der Waals surface area contributed by atoms with Gasteiger partial charge in [0.15, 0.2) is 5.92 Å². The van der Waals surface area contributed by atoms with Crippen LogP contribution in [0.15, 0.2) is 30.3 Å². The van der Waals surface area contributed by atoms with Crippen LogP contribution in [-0.4, -0.2) is 23.1 Å². The van der Waals surface area contributed by atoms with Gasteiger partial charge in [-0.3, -0.25) is 9.59 Å². The maximum atomic E-state index is 11.5. The molecule has 5 nitrogen and oxygen atoms in total. The van der Waals surface area contributed by atoms with Crippen molar-refractivity contribution in [1.82, 2.24) is 0 Å². The summed E-state index contributed by atoms with van der Waals surface area (Å²) in [6.07, 6.45) is -1.16. The predicted octanol–water partition coefficient (Wildman–Crippen LogP) is 0.212. The number of rotatable bonds is 5. The van der Waals surface area contributed by atoms with E-state index in [1.807, 2.05) is 18.2 Å². The van der Waals surface area contributed by atoms with Gasteiger partial charge in [-0.05, 0) is 12.5 Å². The Hall–Kier alpha value is -1.88. The largest absolute Gasteiger partial charge is 0.460 e. The van der Waals surface area contributed by atoms with Crippen molar-refractivity contribution < 1.29 is 19.4 Å². The van der Waals surface area contributed by atoms with E-state index in [4.69, 9.17) is 10.5 Å². The van der Waals surface area contributed by atoms with Crippen LogP contribution in [0.1, 0.15) is 12.5 Å². The lowest BCUT2D eigenvalue weighted by atomic mass is 10.0. The summed E-state index contributed by atoms with van der Waals surface area (Å²) in [5, 5.41) is 9.25. The topological polar surface area (TPSA) is 89.6 Å². The molecule has 0 spiro atoms. The lowest BCUT2D eigenvalue weighted by molar-refractivity contribution is -0.157. The summed E-state index contributed by atoms with van der Waals surface area (Å²) in [4.78, 5) is 22.5. The van der Waals surface area contributed by atoms with Gasteiger partial charge in [0.25, 0.3) is 0 Å². The Bertz CT molecular complexity index is 389. The van der Waals surface area contributed by atoms with E-state index in [2.05, 4.69) is 0 Å². The molecule has 0 aromatic heterocycles. The van der Waals surface area contributed by atoms with Crippen molar-refractivity contribution in [2.24, 2.45) is 11.7 Å². The molecule has 1 amide bonds. The molecular weight excluding hydrogens is 222 g/mol. The summed E-state index contributed by atoms with van der Waals surface area (Å²) in [5.74, 6) is -3.02. The highest BCUT2D eigenvalue weighted by atomic mass is 16.5. The first kappa shape index (κ1) is 13.2. The second-order valence-corrected chi connectivity index (χ2v) is 3.71. The molecule has 5 heteroatoms. The quantitative estimate of drug-likeness (QED) is 0.566. The van der Waals surface area contributed by atoms with Crippen LogP contribution >= 0.6 is 0 Å². The van der Waals surface area contributed by atoms with Crippen LogP contribution in [0.3, 0.4) is 0 Å². The number of aliphatic hydroxyl groups excluding tert-OH is 1. The fourth-order valence-electron chi connectivity index (χ4n) is 1.37. The van der Waals surface area contributed by atoms with Crippen LogP contribution in [0.25, 0.3) is 0 Å². The molecule has 0 unspecified atom stereocenters. The van der Waals surface area contributed by atoms with Gasteiger partial charge in [-0.1, -0.05) is 30.3 Å². The van der Waals surface area contributed by atoms with Gasteiger partial charge in [0.05, 0.1) is 6.10 Å². The predicted molar refractivity (Wildman–Crippen MR) is 60.6 cm³/mol. The monoisotopic (exact) mass is 237 g/mol. The van der Waals surface area contributed by atoms with Crippen LogP contribution in [0, 0.1) is 5.92 Å². The van der Waals surface area contributed by atoms with Crippen molar-refractivity contribution in [3.8, 4) is 0 Å². The molecule has 0 aliphatic carbocycles. The molecule has 0 heterocycles. The number of aliphatic hydroxyl groups is 1. The van der Waals surface area contributed by atoms with Gasteiger partial charge in [0.1, 0.15) is 6.61 Å². The summed E-state index contributed by atoms with van der Waals surface area (Å²) in [7, 11) is 0. The number of carbonyl (C=O) groups excluding carboxylic acids is 2. The molecule has 0 bridgehead atoms. The van der Waals surface area contributed by atoms with Gasteiger partial charge in [-0.15, -0.1) is 0 Å². The molecular formula is C12H15NO4. The highest BCUT2D eigenvalue weighted by Gasteiger charge is 2.30. The minimum atomic E-state index is -1.32. The number of ether oxygens (including phenoxy) is 1. The smallest absolute Gasteiger partial charge is 0.321 e. The third-order valence-electron chi connectivity index (χ3n) is 2.27. The zero-order valence-corrected chi connectivity index (χ0v) is 9.50. The average Bonchev–Trinajstić information content (AvgIpc) is 2.27. The fraction of sp³-hybridized carbons (Fsp3) is 0.333. The molecule has 0 aliphatic heterocycles. The average molecular weight is 237 g/mol. The first-order valence-electron chi connectivity index (χ1n) is 5.20. The van der Waals surface area contributed by atoms with Crippen molar-refractivity contribution in [3.63, 3.8) is 0 Å². The van der Waals surface area contributed by atoms with Crippen molar-refractivity contribution in [3.05, 3.63) is 35.9 Å². The molecule has 2 atom stereocenters. The molecule has 1 rings (SSSR count). The van der Waals surface area contributed by atoms with Gasteiger partial charge in [0.2, 0.25) is 5.91 Å². The van der Waals surface area contributed by atoms with Crippen molar-refractivity contribution in [2.45, 2.75) is 19.6 Å². The van der Waals surface area contributed by atoms with E-state index in [0.717, 1.165) is 5.56 Å².